The molecule has 1 fully saturated rings. The zero-order valence-electron chi connectivity index (χ0n) is 13.3. The predicted molar refractivity (Wildman–Crippen MR) is 90.4 cm³/mol. The van der Waals surface area contributed by atoms with Crippen molar-refractivity contribution in [3.8, 4) is 0 Å². The summed E-state index contributed by atoms with van der Waals surface area (Å²) in [6.07, 6.45) is 1.02. The fourth-order valence-electron chi connectivity index (χ4n) is 3.03. The largest absolute Gasteiger partial charge is 0.354 e. The summed E-state index contributed by atoms with van der Waals surface area (Å²) in [7, 11) is 0. The van der Waals surface area contributed by atoms with Crippen LogP contribution in [0.5, 0.6) is 0 Å². The molecule has 0 aromatic heterocycles. The Balaban J connectivity index is 2.19. The lowest BCUT2D eigenvalue weighted by atomic mass is 9.93. The summed E-state index contributed by atoms with van der Waals surface area (Å²) in [6, 6.07) is 8.09. The smallest absolute Gasteiger partial charge is 0.225 e. The van der Waals surface area contributed by atoms with Crippen LogP contribution in [0.1, 0.15) is 32.8 Å². The fraction of sp³-hybridized carbons (Fsp3) is 0.529. The molecule has 1 aliphatic rings. The van der Waals surface area contributed by atoms with Gasteiger partial charge in [-0.2, -0.15) is 0 Å². The minimum absolute atomic E-state index is 0.0126. The predicted octanol–water partition coefficient (Wildman–Crippen LogP) is 2.75. The molecular formula is C17H23BrN2O2. The van der Waals surface area contributed by atoms with Gasteiger partial charge in [-0.15, -0.1) is 0 Å². The first-order chi connectivity index (χ1) is 10.4. The van der Waals surface area contributed by atoms with Crippen molar-refractivity contribution in [3.63, 3.8) is 0 Å². The second-order valence-electron chi connectivity index (χ2n) is 6.05. The maximum absolute atomic E-state index is 12.4. The first-order valence-electron chi connectivity index (χ1n) is 7.76. The summed E-state index contributed by atoms with van der Waals surface area (Å²) in [5, 5.41) is 2.95. The molecule has 2 amide bonds. The Morgan fingerprint density at radius 3 is 2.55 bits per heavy atom. The lowest BCUT2D eigenvalue weighted by Crippen LogP contribution is -2.43. The van der Waals surface area contributed by atoms with E-state index in [1.165, 1.54) is 0 Å². The zero-order valence-corrected chi connectivity index (χ0v) is 14.9. The molecule has 1 aliphatic heterocycles. The summed E-state index contributed by atoms with van der Waals surface area (Å²) < 4.78 is 1.03. The molecule has 0 spiro atoms. The molecule has 2 atom stereocenters. The summed E-state index contributed by atoms with van der Waals surface area (Å²) in [4.78, 5) is 26.5. The van der Waals surface area contributed by atoms with Crippen LogP contribution in [0, 0.1) is 5.92 Å². The number of hydrogen-bond acceptors (Lipinski definition) is 2. The van der Waals surface area contributed by atoms with Crippen molar-refractivity contribution in [2.45, 2.75) is 45.7 Å². The Bertz CT molecular complexity index is 542. The van der Waals surface area contributed by atoms with E-state index in [1.807, 2.05) is 49.9 Å². The maximum atomic E-state index is 12.4. The molecule has 4 nitrogen and oxygen atoms in total. The number of likely N-dealkylation sites (tertiary alicyclic amines) is 1. The van der Waals surface area contributed by atoms with Gasteiger partial charge in [0.2, 0.25) is 11.8 Å². The Hall–Kier alpha value is -1.36. The number of likely N-dealkylation sites (N-methyl/N-ethyl adjacent to an activating group) is 1. The SMILES string of the molecule is CCN1C(=O)CC(C(=O)NC(C)C)C1Cc1ccc(Br)cc1. The summed E-state index contributed by atoms with van der Waals surface area (Å²) in [5.41, 5.74) is 1.14. The highest BCUT2D eigenvalue weighted by Crippen LogP contribution is 2.29. The van der Waals surface area contributed by atoms with Crippen LogP contribution in [-0.4, -0.2) is 35.3 Å². The Kier molecular flexibility index (Phi) is 5.62. The van der Waals surface area contributed by atoms with Crippen molar-refractivity contribution in [2.24, 2.45) is 5.92 Å². The highest BCUT2D eigenvalue weighted by atomic mass is 79.9. The van der Waals surface area contributed by atoms with Gasteiger partial charge >= 0.3 is 0 Å². The summed E-state index contributed by atoms with van der Waals surface area (Å²) in [5.74, 6) is -0.201. The molecule has 1 aromatic carbocycles. The van der Waals surface area contributed by atoms with Crippen LogP contribution >= 0.6 is 15.9 Å². The molecule has 1 aromatic rings. The van der Waals surface area contributed by atoms with E-state index in [2.05, 4.69) is 21.2 Å². The normalized spacial score (nSPS) is 21.5. The molecule has 0 bridgehead atoms. The van der Waals surface area contributed by atoms with Gasteiger partial charge in [0.15, 0.2) is 0 Å². The molecule has 5 heteroatoms. The quantitative estimate of drug-likeness (QED) is 0.870. The Morgan fingerprint density at radius 2 is 2.00 bits per heavy atom. The monoisotopic (exact) mass is 366 g/mol. The summed E-state index contributed by atoms with van der Waals surface area (Å²) in [6.45, 7) is 6.49. The van der Waals surface area contributed by atoms with Crippen LogP contribution in [-0.2, 0) is 16.0 Å². The van der Waals surface area contributed by atoms with Crippen LogP contribution in [0.15, 0.2) is 28.7 Å². The van der Waals surface area contributed by atoms with Gasteiger partial charge < -0.3 is 10.2 Å². The molecule has 2 rings (SSSR count). The van der Waals surface area contributed by atoms with E-state index in [9.17, 15) is 9.59 Å². The molecule has 2 unspecified atom stereocenters. The second kappa shape index (κ2) is 7.27. The molecule has 0 radical (unpaired) electrons. The van der Waals surface area contributed by atoms with Crippen molar-refractivity contribution < 1.29 is 9.59 Å². The number of amides is 2. The van der Waals surface area contributed by atoms with E-state index < -0.39 is 0 Å². The van der Waals surface area contributed by atoms with Crippen molar-refractivity contribution in [3.05, 3.63) is 34.3 Å². The third-order valence-electron chi connectivity index (χ3n) is 4.05. The van der Waals surface area contributed by atoms with Crippen LogP contribution in [0.2, 0.25) is 0 Å². The highest BCUT2D eigenvalue weighted by molar-refractivity contribution is 9.10. The van der Waals surface area contributed by atoms with E-state index >= 15 is 0 Å². The molecule has 120 valence electrons. The minimum Gasteiger partial charge on any atom is -0.354 e. The van der Waals surface area contributed by atoms with Crippen molar-refractivity contribution in [2.75, 3.05) is 6.54 Å². The van der Waals surface area contributed by atoms with Crippen molar-refractivity contribution in [1.29, 1.82) is 0 Å². The maximum Gasteiger partial charge on any atom is 0.225 e. The molecule has 22 heavy (non-hydrogen) atoms. The number of carbonyl (C=O) groups excluding carboxylic acids is 2. The highest BCUT2D eigenvalue weighted by Gasteiger charge is 2.42. The van der Waals surface area contributed by atoms with Crippen LogP contribution in [0.3, 0.4) is 0 Å². The molecule has 0 saturated carbocycles. The molecule has 1 N–H and O–H groups in total. The fourth-order valence-corrected chi connectivity index (χ4v) is 3.29. The van der Waals surface area contributed by atoms with E-state index in [1.54, 1.807) is 0 Å². The lowest BCUT2D eigenvalue weighted by Gasteiger charge is -2.27. The molecular weight excluding hydrogens is 344 g/mol. The van der Waals surface area contributed by atoms with Gasteiger partial charge in [-0.05, 0) is 44.9 Å². The third kappa shape index (κ3) is 3.88. The standard InChI is InChI=1S/C17H23BrN2O2/c1-4-20-15(9-12-5-7-13(18)8-6-12)14(10-16(20)21)17(22)19-11(2)3/h5-8,11,14-15H,4,9-10H2,1-3H3,(H,19,22). The van der Waals surface area contributed by atoms with Gasteiger partial charge in [0.25, 0.3) is 0 Å². The lowest BCUT2D eigenvalue weighted by molar-refractivity contribution is -0.129. The summed E-state index contributed by atoms with van der Waals surface area (Å²) >= 11 is 3.43. The van der Waals surface area contributed by atoms with Gasteiger partial charge in [0.1, 0.15) is 0 Å². The molecule has 0 aliphatic carbocycles. The van der Waals surface area contributed by atoms with Gasteiger partial charge in [-0.25, -0.2) is 0 Å². The second-order valence-corrected chi connectivity index (χ2v) is 6.97. The number of nitrogens with one attached hydrogen (secondary N) is 1. The number of benzene rings is 1. The van der Waals surface area contributed by atoms with Gasteiger partial charge in [0.05, 0.1) is 5.92 Å². The third-order valence-corrected chi connectivity index (χ3v) is 4.57. The topological polar surface area (TPSA) is 49.4 Å². The first-order valence-corrected chi connectivity index (χ1v) is 8.56. The van der Waals surface area contributed by atoms with Gasteiger partial charge in [-0.3, -0.25) is 9.59 Å². The Labute approximate surface area is 140 Å². The minimum atomic E-state index is -0.265. The van der Waals surface area contributed by atoms with E-state index in [-0.39, 0.29) is 29.8 Å². The average molecular weight is 367 g/mol. The molecule has 1 heterocycles. The van der Waals surface area contributed by atoms with Gasteiger partial charge in [-0.1, -0.05) is 28.1 Å². The number of hydrogen-bond donors (Lipinski definition) is 1. The van der Waals surface area contributed by atoms with E-state index in [0.29, 0.717) is 19.4 Å². The van der Waals surface area contributed by atoms with Crippen LogP contribution in [0.25, 0.3) is 0 Å². The van der Waals surface area contributed by atoms with E-state index in [4.69, 9.17) is 0 Å². The van der Waals surface area contributed by atoms with E-state index in [0.717, 1.165) is 10.0 Å². The zero-order chi connectivity index (χ0) is 16.3. The van der Waals surface area contributed by atoms with Crippen molar-refractivity contribution >= 4 is 27.7 Å². The molecule has 1 saturated heterocycles. The van der Waals surface area contributed by atoms with Crippen molar-refractivity contribution in [1.82, 2.24) is 10.2 Å². The van der Waals surface area contributed by atoms with Crippen LogP contribution < -0.4 is 5.32 Å². The number of rotatable bonds is 5. The van der Waals surface area contributed by atoms with Crippen LogP contribution in [0.4, 0.5) is 0 Å². The average Bonchev–Trinajstić information content (AvgIpc) is 2.76. The number of nitrogens with zero attached hydrogens (tertiary/aromatic N) is 1. The first kappa shape index (κ1) is 17.0. The van der Waals surface area contributed by atoms with Gasteiger partial charge in [0, 0.05) is 29.5 Å². The Morgan fingerprint density at radius 1 is 1.36 bits per heavy atom. The number of halogens is 1. The number of carbonyl (C=O) groups is 2.